The van der Waals surface area contributed by atoms with Crippen LogP contribution < -0.4 is 5.32 Å². The van der Waals surface area contributed by atoms with E-state index in [1.54, 1.807) is 11.3 Å². The van der Waals surface area contributed by atoms with E-state index in [0.717, 1.165) is 26.4 Å². The van der Waals surface area contributed by atoms with Crippen molar-refractivity contribution in [3.05, 3.63) is 68.4 Å². The van der Waals surface area contributed by atoms with Crippen LogP contribution in [0.15, 0.2) is 58.4 Å². The highest BCUT2D eigenvalue weighted by molar-refractivity contribution is 9.10. The Bertz CT molecular complexity index is 743. The summed E-state index contributed by atoms with van der Waals surface area (Å²) in [6.45, 7) is 0.660. The first kappa shape index (κ1) is 14.6. The van der Waals surface area contributed by atoms with Crippen LogP contribution in [0.4, 0.5) is 5.69 Å². The summed E-state index contributed by atoms with van der Waals surface area (Å²) >= 11 is 11.3. The zero-order valence-electron chi connectivity index (χ0n) is 11.0. The summed E-state index contributed by atoms with van der Waals surface area (Å²) < 4.78 is 0.999. The number of nitrogens with zero attached hydrogens (tertiary/aromatic N) is 1. The van der Waals surface area contributed by atoms with Gasteiger partial charge >= 0.3 is 0 Å². The SMILES string of the molecule is Clc1ccc(Br)cc1NCc1nc(-c2ccccc2)cs1. The summed E-state index contributed by atoms with van der Waals surface area (Å²) in [6, 6.07) is 15.9. The van der Waals surface area contributed by atoms with Gasteiger partial charge in [-0.25, -0.2) is 4.98 Å². The van der Waals surface area contributed by atoms with Crippen molar-refractivity contribution >= 4 is 44.6 Å². The van der Waals surface area contributed by atoms with Gasteiger partial charge in [-0.2, -0.15) is 0 Å². The van der Waals surface area contributed by atoms with E-state index in [-0.39, 0.29) is 0 Å². The van der Waals surface area contributed by atoms with Gasteiger partial charge in [0, 0.05) is 15.4 Å². The minimum atomic E-state index is 0.660. The number of nitrogens with one attached hydrogen (secondary N) is 1. The fourth-order valence-electron chi connectivity index (χ4n) is 1.94. The lowest BCUT2D eigenvalue weighted by Crippen LogP contribution is -1.99. The average molecular weight is 380 g/mol. The van der Waals surface area contributed by atoms with Gasteiger partial charge < -0.3 is 5.32 Å². The number of hydrogen-bond acceptors (Lipinski definition) is 3. The molecule has 3 aromatic rings. The van der Waals surface area contributed by atoms with E-state index in [2.05, 4.69) is 43.7 Å². The lowest BCUT2D eigenvalue weighted by Gasteiger charge is -2.07. The molecule has 0 bridgehead atoms. The Kier molecular flexibility index (Phi) is 4.58. The van der Waals surface area contributed by atoms with Gasteiger partial charge in [0.1, 0.15) is 5.01 Å². The third-order valence-electron chi connectivity index (χ3n) is 2.98. The second kappa shape index (κ2) is 6.60. The highest BCUT2D eigenvalue weighted by Gasteiger charge is 2.05. The van der Waals surface area contributed by atoms with Crippen molar-refractivity contribution in [3.63, 3.8) is 0 Å². The van der Waals surface area contributed by atoms with E-state index in [1.807, 2.05) is 36.4 Å². The molecule has 0 amide bonds. The molecule has 0 saturated carbocycles. The van der Waals surface area contributed by atoms with Crippen molar-refractivity contribution in [3.8, 4) is 11.3 Å². The number of hydrogen-bond donors (Lipinski definition) is 1. The molecule has 0 aliphatic heterocycles. The third kappa shape index (κ3) is 3.64. The maximum Gasteiger partial charge on any atom is 0.112 e. The molecule has 1 N–H and O–H groups in total. The third-order valence-corrected chi connectivity index (χ3v) is 4.65. The van der Waals surface area contributed by atoms with Crippen molar-refractivity contribution in [1.29, 1.82) is 0 Å². The summed E-state index contributed by atoms with van der Waals surface area (Å²) in [4.78, 5) is 4.65. The first-order valence-electron chi connectivity index (χ1n) is 6.41. The number of rotatable bonds is 4. The normalized spacial score (nSPS) is 10.6. The maximum atomic E-state index is 6.16. The van der Waals surface area contributed by atoms with Gasteiger partial charge in [0.25, 0.3) is 0 Å². The van der Waals surface area contributed by atoms with Crippen molar-refractivity contribution in [2.75, 3.05) is 5.32 Å². The van der Waals surface area contributed by atoms with Gasteiger partial charge in [0.2, 0.25) is 0 Å². The Balaban J connectivity index is 1.72. The molecule has 0 radical (unpaired) electrons. The predicted molar refractivity (Wildman–Crippen MR) is 94.0 cm³/mol. The minimum absolute atomic E-state index is 0.660. The minimum Gasteiger partial charge on any atom is -0.377 e. The Morgan fingerprint density at radius 3 is 2.76 bits per heavy atom. The van der Waals surface area contributed by atoms with Crippen LogP contribution in [0.1, 0.15) is 5.01 Å². The molecule has 0 aliphatic carbocycles. The molecule has 1 aromatic heterocycles. The van der Waals surface area contributed by atoms with Crippen molar-refractivity contribution in [1.82, 2.24) is 4.98 Å². The number of benzene rings is 2. The van der Waals surface area contributed by atoms with Gasteiger partial charge in [0.15, 0.2) is 0 Å². The lowest BCUT2D eigenvalue weighted by atomic mass is 10.2. The smallest absolute Gasteiger partial charge is 0.112 e. The molecule has 0 unspecified atom stereocenters. The summed E-state index contributed by atoms with van der Waals surface area (Å²) in [6.07, 6.45) is 0. The molecule has 0 spiro atoms. The molecule has 2 aromatic carbocycles. The molecule has 2 nitrogen and oxygen atoms in total. The lowest BCUT2D eigenvalue weighted by molar-refractivity contribution is 1.11. The molecule has 0 atom stereocenters. The van der Waals surface area contributed by atoms with Crippen LogP contribution in [0.25, 0.3) is 11.3 Å². The summed E-state index contributed by atoms with van der Waals surface area (Å²) in [5, 5.41) is 7.14. The van der Waals surface area contributed by atoms with Crippen molar-refractivity contribution < 1.29 is 0 Å². The first-order valence-corrected chi connectivity index (χ1v) is 8.46. The highest BCUT2D eigenvalue weighted by Crippen LogP contribution is 2.27. The van der Waals surface area contributed by atoms with Crippen LogP contribution in [-0.4, -0.2) is 4.98 Å². The zero-order valence-corrected chi connectivity index (χ0v) is 14.2. The largest absolute Gasteiger partial charge is 0.377 e. The summed E-state index contributed by atoms with van der Waals surface area (Å²) in [7, 11) is 0. The summed E-state index contributed by atoms with van der Waals surface area (Å²) in [5.41, 5.74) is 3.06. The van der Waals surface area contributed by atoms with Gasteiger partial charge in [-0.3, -0.25) is 0 Å². The van der Waals surface area contributed by atoms with Crippen molar-refractivity contribution in [2.45, 2.75) is 6.54 Å². The zero-order chi connectivity index (χ0) is 14.7. The molecule has 106 valence electrons. The van der Waals surface area contributed by atoms with Crippen LogP contribution >= 0.6 is 38.9 Å². The van der Waals surface area contributed by atoms with E-state index in [1.165, 1.54) is 0 Å². The van der Waals surface area contributed by atoms with Gasteiger partial charge in [-0.05, 0) is 18.2 Å². The molecule has 1 heterocycles. The number of aromatic nitrogens is 1. The molecular formula is C16H12BrClN2S. The van der Waals surface area contributed by atoms with E-state index >= 15 is 0 Å². The van der Waals surface area contributed by atoms with Crippen LogP contribution in [0.3, 0.4) is 0 Å². The monoisotopic (exact) mass is 378 g/mol. The summed E-state index contributed by atoms with van der Waals surface area (Å²) in [5.74, 6) is 0. The molecule has 3 rings (SSSR count). The van der Waals surface area contributed by atoms with Crippen LogP contribution in [0.2, 0.25) is 5.02 Å². The molecule has 0 saturated heterocycles. The van der Waals surface area contributed by atoms with Gasteiger partial charge in [-0.15, -0.1) is 11.3 Å². The molecule has 21 heavy (non-hydrogen) atoms. The molecule has 0 fully saturated rings. The fourth-order valence-corrected chi connectivity index (χ4v) is 3.23. The first-order chi connectivity index (χ1) is 10.2. The standard InChI is InChI=1S/C16H12BrClN2S/c17-12-6-7-13(18)14(8-12)19-9-16-20-15(10-21-16)11-4-2-1-3-5-11/h1-8,10,19H,9H2. The van der Waals surface area contributed by atoms with E-state index in [4.69, 9.17) is 11.6 Å². The van der Waals surface area contributed by atoms with E-state index < -0.39 is 0 Å². The van der Waals surface area contributed by atoms with Gasteiger partial charge in [0.05, 0.1) is 22.9 Å². The Morgan fingerprint density at radius 1 is 1.14 bits per heavy atom. The van der Waals surface area contributed by atoms with Crippen LogP contribution in [-0.2, 0) is 6.54 Å². The Hall–Kier alpha value is -1.36. The molecule has 0 aliphatic rings. The van der Waals surface area contributed by atoms with Gasteiger partial charge in [-0.1, -0.05) is 57.9 Å². The topological polar surface area (TPSA) is 24.9 Å². The average Bonchev–Trinajstić information content (AvgIpc) is 2.98. The Labute approximate surface area is 140 Å². The number of halogens is 2. The van der Waals surface area contributed by atoms with Crippen LogP contribution in [0.5, 0.6) is 0 Å². The van der Waals surface area contributed by atoms with E-state index in [0.29, 0.717) is 11.6 Å². The van der Waals surface area contributed by atoms with E-state index in [9.17, 15) is 0 Å². The second-order valence-electron chi connectivity index (χ2n) is 4.47. The van der Waals surface area contributed by atoms with Crippen molar-refractivity contribution in [2.24, 2.45) is 0 Å². The number of anilines is 1. The highest BCUT2D eigenvalue weighted by atomic mass is 79.9. The number of thiazole rings is 1. The quantitative estimate of drug-likeness (QED) is 0.616. The predicted octanol–water partition coefficient (Wildman–Crippen LogP) is 5.84. The second-order valence-corrected chi connectivity index (χ2v) is 6.74. The van der Waals surface area contributed by atoms with Crippen LogP contribution in [0, 0.1) is 0 Å². The Morgan fingerprint density at radius 2 is 1.95 bits per heavy atom. The molecule has 5 heteroatoms. The maximum absolute atomic E-state index is 6.16. The fraction of sp³-hybridized carbons (Fsp3) is 0.0625. The molecular weight excluding hydrogens is 368 g/mol.